The maximum Gasteiger partial charge on any atom is 0.258 e. The summed E-state index contributed by atoms with van der Waals surface area (Å²) in [5.41, 5.74) is 1.03. The molecule has 1 amide bonds. The van der Waals surface area contributed by atoms with Crippen LogP contribution in [0, 0.1) is 0 Å². The number of amides is 1. The van der Waals surface area contributed by atoms with Crippen LogP contribution in [0.15, 0.2) is 70.5 Å². The molecule has 0 saturated heterocycles. The first kappa shape index (κ1) is 16.4. The highest BCUT2D eigenvalue weighted by Gasteiger charge is 2.13. The average Bonchev–Trinajstić information content (AvgIpc) is 2.56. The molecule has 22 heavy (non-hydrogen) atoms. The van der Waals surface area contributed by atoms with Crippen LogP contribution in [0.1, 0.15) is 25.8 Å². The van der Waals surface area contributed by atoms with Gasteiger partial charge in [0.1, 0.15) is 0 Å². The zero-order valence-corrected chi connectivity index (χ0v) is 13.8. The van der Waals surface area contributed by atoms with Gasteiger partial charge in [-0.2, -0.15) is 0 Å². The highest BCUT2D eigenvalue weighted by atomic mass is 32.2. The molecular formula is C19H21NOS. The third-order valence-corrected chi connectivity index (χ3v) is 4.31. The van der Waals surface area contributed by atoms with Crippen molar-refractivity contribution >= 4 is 23.7 Å². The molecule has 3 heteroatoms. The Labute approximate surface area is 136 Å². The fourth-order valence-corrected chi connectivity index (χ4v) is 2.75. The number of carbonyl (C=O) groups is 1. The minimum absolute atomic E-state index is 0.0212. The molecule has 2 rings (SSSR count). The Kier molecular flexibility index (Phi) is 6.28. The Morgan fingerprint density at radius 1 is 1.09 bits per heavy atom. The SMILES string of the molecule is CCC(C)NC(=O)/C(=C\c1ccccc1)Sc1ccccc1. The molecule has 0 aliphatic rings. The van der Waals surface area contributed by atoms with Crippen LogP contribution < -0.4 is 5.32 Å². The van der Waals surface area contributed by atoms with Crippen LogP contribution >= 0.6 is 11.8 Å². The van der Waals surface area contributed by atoms with E-state index in [-0.39, 0.29) is 11.9 Å². The van der Waals surface area contributed by atoms with Crippen LogP contribution in [0.5, 0.6) is 0 Å². The minimum atomic E-state index is -0.0212. The van der Waals surface area contributed by atoms with Crippen molar-refractivity contribution in [2.45, 2.75) is 31.2 Å². The standard InChI is InChI=1S/C19H21NOS/c1-3-15(2)20-19(21)18(14-16-10-6-4-7-11-16)22-17-12-8-5-9-13-17/h4-15H,3H2,1-2H3,(H,20,21)/b18-14+. The molecule has 0 heterocycles. The lowest BCUT2D eigenvalue weighted by atomic mass is 10.2. The molecule has 0 aromatic heterocycles. The first-order valence-electron chi connectivity index (χ1n) is 7.49. The number of thioether (sulfide) groups is 1. The average molecular weight is 311 g/mol. The number of hydrogen-bond donors (Lipinski definition) is 1. The molecule has 0 aliphatic heterocycles. The van der Waals surface area contributed by atoms with E-state index >= 15 is 0 Å². The van der Waals surface area contributed by atoms with Crippen molar-refractivity contribution < 1.29 is 4.79 Å². The predicted molar refractivity (Wildman–Crippen MR) is 94.6 cm³/mol. The Morgan fingerprint density at radius 3 is 2.27 bits per heavy atom. The molecule has 0 bridgehead atoms. The summed E-state index contributed by atoms with van der Waals surface area (Å²) in [5.74, 6) is -0.0212. The van der Waals surface area contributed by atoms with Gasteiger partial charge in [-0.15, -0.1) is 0 Å². The van der Waals surface area contributed by atoms with Gasteiger partial charge in [0.15, 0.2) is 0 Å². The highest BCUT2D eigenvalue weighted by Crippen LogP contribution is 2.28. The summed E-state index contributed by atoms with van der Waals surface area (Å²) in [6.45, 7) is 4.08. The summed E-state index contributed by atoms with van der Waals surface area (Å²) in [6.07, 6.45) is 2.86. The van der Waals surface area contributed by atoms with Crippen LogP contribution in [-0.2, 0) is 4.79 Å². The third-order valence-electron chi connectivity index (χ3n) is 3.28. The van der Waals surface area contributed by atoms with E-state index in [2.05, 4.69) is 12.2 Å². The van der Waals surface area contributed by atoms with E-state index in [1.807, 2.05) is 73.7 Å². The van der Waals surface area contributed by atoms with Crippen LogP contribution in [-0.4, -0.2) is 11.9 Å². The monoisotopic (exact) mass is 311 g/mol. The van der Waals surface area contributed by atoms with Crippen molar-refractivity contribution in [1.82, 2.24) is 5.32 Å². The number of benzene rings is 2. The second-order valence-electron chi connectivity index (χ2n) is 5.12. The maximum absolute atomic E-state index is 12.5. The van der Waals surface area contributed by atoms with E-state index in [9.17, 15) is 4.79 Å². The largest absolute Gasteiger partial charge is 0.349 e. The van der Waals surface area contributed by atoms with Crippen molar-refractivity contribution in [2.24, 2.45) is 0 Å². The third kappa shape index (κ3) is 5.08. The number of nitrogens with one attached hydrogen (secondary N) is 1. The molecule has 1 N–H and O–H groups in total. The van der Waals surface area contributed by atoms with Crippen molar-refractivity contribution in [1.29, 1.82) is 0 Å². The summed E-state index contributed by atoms with van der Waals surface area (Å²) in [5, 5.41) is 3.04. The number of hydrogen-bond acceptors (Lipinski definition) is 2. The van der Waals surface area contributed by atoms with Crippen molar-refractivity contribution in [3.63, 3.8) is 0 Å². The lowest BCUT2D eigenvalue weighted by molar-refractivity contribution is -0.117. The van der Waals surface area contributed by atoms with E-state index in [4.69, 9.17) is 0 Å². The zero-order chi connectivity index (χ0) is 15.8. The molecular weight excluding hydrogens is 290 g/mol. The molecule has 0 fully saturated rings. The molecule has 1 unspecified atom stereocenters. The van der Waals surface area contributed by atoms with Gasteiger partial charge in [-0.25, -0.2) is 0 Å². The molecule has 1 atom stereocenters. The molecule has 0 aliphatic carbocycles. The quantitative estimate of drug-likeness (QED) is 0.617. The fourth-order valence-electron chi connectivity index (χ4n) is 1.85. The Morgan fingerprint density at radius 2 is 1.68 bits per heavy atom. The first-order valence-corrected chi connectivity index (χ1v) is 8.31. The molecule has 2 nitrogen and oxygen atoms in total. The van der Waals surface area contributed by atoms with Crippen molar-refractivity contribution in [3.8, 4) is 0 Å². The van der Waals surface area contributed by atoms with Gasteiger partial charge in [0.05, 0.1) is 4.91 Å². The van der Waals surface area contributed by atoms with Gasteiger partial charge >= 0.3 is 0 Å². The molecule has 114 valence electrons. The predicted octanol–water partition coefficient (Wildman–Crippen LogP) is 4.73. The summed E-state index contributed by atoms with van der Waals surface area (Å²) < 4.78 is 0. The zero-order valence-electron chi connectivity index (χ0n) is 13.0. The molecule has 2 aromatic carbocycles. The lowest BCUT2D eigenvalue weighted by Gasteiger charge is -2.13. The molecule has 2 aromatic rings. The van der Waals surface area contributed by atoms with Gasteiger partial charge in [-0.3, -0.25) is 4.79 Å². The number of carbonyl (C=O) groups excluding carboxylic acids is 1. The Bertz CT molecular complexity index is 622. The number of rotatable bonds is 6. The second-order valence-corrected chi connectivity index (χ2v) is 6.23. The normalized spacial score (nSPS) is 12.7. The summed E-state index contributed by atoms with van der Waals surface area (Å²) >= 11 is 1.49. The van der Waals surface area contributed by atoms with Crippen molar-refractivity contribution in [2.75, 3.05) is 0 Å². The molecule has 0 spiro atoms. The Hall–Kier alpha value is -2.00. The molecule has 0 saturated carbocycles. The summed E-state index contributed by atoms with van der Waals surface area (Å²) in [4.78, 5) is 14.3. The van der Waals surface area contributed by atoms with E-state index in [0.29, 0.717) is 4.91 Å². The van der Waals surface area contributed by atoms with Crippen LogP contribution in [0.2, 0.25) is 0 Å². The second kappa shape index (κ2) is 8.44. The van der Waals surface area contributed by atoms with Crippen LogP contribution in [0.25, 0.3) is 6.08 Å². The van der Waals surface area contributed by atoms with Crippen LogP contribution in [0.4, 0.5) is 0 Å². The van der Waals surface area contributed by atoms with Gasteiger partial charge in [-0.05, 0) is 37.1 Å². The van der Waals surface area contributed by atoms with Crippen molar-refractivity contribution in [3.05, 3.63) is 71.1 Å². The highest BCUT2D eigenvalue weighted by molar-refractivity contribution is 8.04. The van der Waals surface area contributed by atoms with Gasteiger partial charge in [0.2, 0.25) is 0 Å². The Balaban J connectivity index is 2.24. The smallest absolute Gasteiger partial charge is 0.258 e. The lowest BCUT2D eigenvalue weighted by Crippen LogP contribution is -2.32. The fraction of sp³-hybridized carbons (Fsp3) is 0.211. The minimum Gasteiger partial charge on any atom is -0.349 e. The van der Waals surface area contributed by atoms with E-state index < -0.39 is 0 Å². The van der Waals surface area contributed by atoms with Crippen LogP contribution in [0.3, 0.4) is 0 Å². The summed E-state index contributed by atoms with van der Waals surface area (Å²) in [6, 6.07) is 20.1. The van der Waals surface area contributed by atoms with E-state index in [1.165, 1.54) is 11.8 Å². The summed E-state index contributed by atoms with van der Waals surface area (Å²) in [7, 11) is 0. The first-order chi connectivity index (χ1) is 10.7. The van der Waals surface area contributed by atoms with Gasteiger partial charge in [-0.1, -0.05) is 67.2 Å². The van der Waals surface area contributed by atoms with E-state index in [0.717, 1.165) is 16.9 Å². The topological polar surface area (TPSA) is 29.1 Å². The molecule has 0 radical (unpaired) electrons. The van der Waals surface area contributed by atoms with Gasteiger partial charge < -0.3 is 5.32 Å². The maximum atomic E-state index is 12.5. The van der Waals surface area contributed by atoms with Gasteiger partial charge in [0, 0.05) is 10.9 Å². The van der Waals surface area contributed by atoms with Gasteiger partial charge in [0.25, 0.3) is 5.91 Å². The van der Waals surface area contributed by atoms with E-state index in [1.54, 1.807) is 0 Å².